The van der Waals surface area contributed by atoms with Crippen LogP contribution in [0.25, 0.3) is 0 Å². The van der Waals surface area contributed by atoms with Crippen molar-refractivity contribution in [2.75, 3.05) is 13.1 Å². The van der Waals surface area contributed by atoms with Crippen LogP contribution < -0.4 is 5.32 Å². The van der Waals surface area contributed by atoms with Crippen molar-refractivity contribution in [3.8, 4) is 0 Å². The van der Waals surface area contributed by atoms with E-state index in [1.807, 2.05) is 13.8 Å². The monoisotopic (exact) mass is 512 g/mol. The topological polar surface area (TPSA) is 151 Å². The third-order valence-electron chi connectivity index (χ3n) is 7.61. The molecule has 6 N–H and O–H groups in total. The van der Waals surface area contributed by atoms with Crippen molar-refractivity contribution in [2.24, 2.45) is 11.3 Å². The second kappa shape index (κ2) is 9.95. The minimum absolute atomic E-state index is 0.234. The molecule has 9 nitrogen and oxygen atoms in total. The van der Waals surface area contributed by atoms with E-state index >= 15 is 0 Å². The predicted octanol–water partition coefficient (Wildman–Crippen LogP) is 0.535. The van der Waals surface area contributed by atoms with E-state index in [1.54, 1.807) is 43.0 Å². The van der Waals surface area contributed by atoms with Crippen molar-refractivity contribution in [3.63, 3.8) is 0 Å². The zero-order valence-electron chi connectivity index (χ0n) is 20.6. The van der Waals surface area contributed by atoms with E-state index in [1.165, 1.54) is 0 Å². The van der Waals surface area contributed by atoms with Crippen LogP contribution in [0.3, 0.4) is 0 Å². The van der Waals surface area contributed by atoms with Gasteiger partial charge in [-0.15, -0.1) is 0 Å². The first-order chi connectivity index (χ1) is 16.1. The molecule has 1 aliphatic carbocycles. The quantitative estimate of drug-likeness (QED) is 0.337. The largest absolute Gasteiger partial charge is 0.390 e. The van der Waals surface area contributed by atoms with Crippen LogP contribution in [0.2, 0.25) is 5.02 Å². The van der Waals surface area contributed by atoms with Gasteiger partial charge in [0.1, 0.15) is 17.7 Å². The molecule has 0 aromatic heterocycles. The van der Waals surface area contributed by atoms with E-state index in [9.17, 15) is 35.1 Å². The number of benzene rings is 1. The first-order valence-corrected chi connectivity index (χ1v) is 12.3. The summed E-state index contributed by atoms with van der Waals surface area (Å²) in [5, 5.41) is 55.2. The third kappa shape index (κ3) is 5.35. The minimum Gasteiger partial charge on any atom is -0.390 e. The lowest BCUT2D eigenvalue weighted by Gasteiger charge is -2.51. The van der Waals surface area contributed by atoms with Crippen LogP contribution in [0, 0.1) is 11.3 Å². The van der Waals surface area contributed by atoms with Gasteiger partial charge in [-0.05, 0) is 30.0 Å². The highest BCUT2D eigenvalue weighted by Crippen LogP contribution is 2.46. The summed E-state index contributed by atoms with van der Waals surface area (Å²) in [4.78, 5) is 28.1. The average molecular weight is 513 g/mol. The fourth-order valence-corrected chi connectivity index (χ4v) is 5.34. The van der Waals surface area contributed by atoms with Crippen molar-refractivity contribution in [2.45, 2.75) is 82.5 Å². The van der Waals surface area contributed by atoms with Gasteiger partial charge >= 0.3 is 0 Å². The van der Waals surface area contributed by atoms with Gasteiger partial charge in [0.25, 0.3) is 5.91 Å². The highest BCUT2D eigenvalue weighted by Gasteiger charge is 2.52. The molecule has 2 aliphatic rings. The summed E-state index contributed by atoms with van der Waals surface area (Å²) in [5.74, 6) is -1.55. The van der Waals surface area contributed by atoms with Crippen LogP contribution in [0.1, 0.15) is 52.5 Å². The van der Waals surface area contributed by atoms with Gasteiger partial charge < -0.3 is 35.7 Å². The van der Waals surface area contributed by atoms with Crippen LogP contribution in [-0.2, 0) is 15.2 Å². The summed E-state index contributed by atoms with van der Waals surface area (Å²) in [6.07, 6.45) is -5.04. The average Bonchev–Trinajstić information content (AvgIpc) is 2.77. The van der Waals surface area contributed by atoms with Crippen LogP contribution in [0.4, 0.5) is 0 Å². The molecule has 6 atom stereocenters. The second-order valence-corrected chi connectivity index (χ2v) is 11.5. The molecule has 1 aliphatic heterocycles. The summed E-state index contributed by atoms with van der Waals surface area (Å²) in [6.45, 7) is 7.78. The number of carbonyl (C=O) groups excluding carboxylic acids is 2. The van der Waals surface area contributed by atoms with E-state index in [-0.39, 0.29) is 31.3 Å². The van der Waals surface area contributed by atoms with E-state index < -0.39 is 59.7 Å². The maximum atomic E-state index is 13.5. The molecule has 1 saturated heterocycles. The lowest BCUT2D eigenvalue weighted by Crippen LogP contribution is -2.64. The van der Waals surface area contributed by atoms with Gasteiger partial charge in [0.15, 0.2) is 0 Å². The van der Waals surface area contributed by atoms with Crippen LogP contribution >= 0.6 is 11.6 Å². The Kier molecular flexibility index (Phi) is 7.91. The highest BCUT2D eigenvalue weighted by atomic mass is 35.5. The molecule has 10 heteroatoms. The Morgan fingerprint density at radius 3 is 2.09 bits per heavy atom. The normalized spacial score (nSPS) is 33.9. The number of aliphatic hydroxyl groups excluding tert-OH is 3. The molecule has 35 heavy (non-hydrogen) atoms. The SMILES string of the molecule is CC(C)[C@@H](NC(=O)C1(O)C[C@@H](O)[C@@H](O)[C@@H](O)C1)C(=O)N1CC[C@](O)(c2ccc(Cl)cc2)C(C)(C)C1. The number of hydrogen-bond acceptors (Lipinski definition) is 7. The van der Waals surface area contributed by atoms with Gasteiger partial charge in [-0.1, -0.05) is 51.4 Å². The summed E-state index contributed by atoms with van der Waals surface area (Å²) in [5.41, 5.74) is -3.31. The number of nitrogens with zero attached hydrogens (tertiary/aromatic N) is 1. The van der Waals surface area contributed by atoms with Crippen LogP contribution in [-0.4, -0.2) is 85.3 Å². The second-order valence-electron chi connectivity index (χ2n) is 11.0. The molecular formula is C25H37ClN2O7. The number of aliphatic hydroxyl groups is 5. The zero-order chi connectivity index (χ0) is 26.3. The molecule has 1 aromatic rings. The molecule has 196 valence electrons. The number of likely N-dealkylation sites (tertiary alicyclic amines) is 1. The fourth-order valence-electron chi connectivity index (χ4n) is 5.22. The molecule has 0 radical (unpaired) electrons. The first kappa shape index (κ1) is 27.8. The Labute approximate surface area is 210 Å². The smallest absolute Gasteiger partial charge is 0.252 e. The van der Waals surface area contributed by atoms with Crippen molar-refractivity contribution in [3.05, 3.63) is 34.9 Å². The van der Waals surface area contributed by atoms with Gasteiger partial charge in [0.05, 0.1) is 17.8 Å². The van der Waals surface area contributed by atoms with Crippen molar-refractivity contribution in [1.82, 2.24) is 10.2 Å². The van der Waals surface area contributed by atoms with Crippen molar-refractivity contribution < 1.29 is 35.1 Å². The Hall–Kier alpha value is -1.75. The molecule has 1 saturated carbocycles. The van der Waals surface area contributed by atoms with Crippen molar-refractivity contribution >= 4 is 23.4 Å². The zero-order valence-corrected chi connectivity index (χ0v) is 21.4. The molecule has 2 amide bonds. The number of carbonyl (C=O) groups is 2. The molecule has 3 rings (SSSR count). The lowest BCUT2D eigenvalue weighted by atomic mass is 9.66. The van der Waals surface area contributed by atoms with Gasteiger partial charge in [-0.3, -0.25) is 9.59 Å². The Balaban J connectivity index is 1.75. The maximum absolute atomic E-state index is 13.5. The summed E-state index contributed by atoms with van der Waals surface area (Å²) in [6, 6.07) is 6.03. The Bertz CT molecular complexity index is 926. The summed E-state index contributed by atoms with van der Waals surface area (Å²) >= 11 is 6.00. The number of amides is 2. The molecule has 0 bridgehead atoms. The summed E-state index contributed by atoms with van der Waals surface area (Å²) < 4.78 is 0. The number of hydrogen-bond donors (Lipinski definition) is 6. The van der Waals surface area contributed by atoms with E-state index in [0.717, 1.165) is 0 Å². The molecular weight excluding hydrogens is 476 g/mol. The molecule has 1 unspecified atom stereocenters. The molecule has 2 fully saturated rings. The maximum Gasteiger partial charge on any atom is 0.252 e. The van der Waals surface area contributed by atoms with Crippen molar-refractivity contribution in [1.29, 1.82) is 0 Å². The van der Waals surface area contributed by atoms with Gasteiger partial charge in [-0.25, -0.2) is 0 Å². The van der Waals surface area contributed by atoms with E-state index in [4.69, 9.17) is 11.6 Å². The number of rotatable bonds is 5. The number of halogens is 1. The molecule has 1 heterocycles. The first-order valence-electron chi connectivity index (χ1n) is 12.0. The molecule has 0 spiro atoms. The predicted molar refractivity (Wildman–Crippen MR) is 129 cm³/mol. The fraction of sp³-hybridized carbons (Fsp3) is 0.680. The summed E-state index contributed by atoms with van der Waals surface area (Å²) in [7, 11) is 0. The van der Waals surface area contributed by atoms with Gasteiger partial charge in [-0.2, -0.15) is 0 Å². The Morgan fingerprint density at radius 2 is 1.60 bits per heavy atom. The molecule has 1 aromatic carbocycles. The minimum atomic E-state index is -2.12. The standard InChI is InChI=1S/C25H37ClN2O7/c1-14(2)19(27-22(33)24(34)11-17(29)20(31)18(30)12-24)21(32)28-10-9-25(35,23(3,4)13-28)15-5-7-16(26)8-6-15/h5-8,14,17-20,29-31,34-35H,9-13H2,1-4H3,(H,27,33)/t17-,18+,19-,20-,24?,25+/m1/s1. The lowest BCUT2D eigenvalue weighted by molar-refractivity contribution is -0.175. The van der Waals surface area contributed by atoms with E-state index in [0.29, 0.717) is 10.6 Å². The van der Waals surface area contributed by atoms with Gasteiger partial charge in [0.2, 0.25) is 5.91 Å². The Morgan fingerprint density at radius 1 is 1.06 bits per heavy atom. The van der Waals surface area contributed by atoms with Crippen LogP contribution in [0.15, 0.2) is 24.3 Å². The number of nitrogens with one attached hydrogen (secondary N) is 1. The van der Waals surface area contributed by atoms with Gasteiger partial charge in [0, 0.05) is 36.4 Å². The third-order valence-corrected chi connectivity index (χ3v) is 7.86. The van der Waals surface area contributed by atoms with E-state index in [2.05, 4.69) is 5.32 Å². The highest BCUT2D eigenvalue weighted by molar-refractivity contribution is 6.30. The number of piperidine rings is 1. The van der Waals surface area contributed by atoms with Crippen LogP contribution in [0.5, 0.6) is 0 Å².